The van der Waals surface area contributed by atoms with Crippen LogP contribution < -0.4 is 11.6 Å². The lowest BCUT2D eigenvalue weighted by molar-refractivity contribution is 1.24. The lowest BCUT2D eigenvalue weighted by atomic mass is 10.0. The van der Waals surface area contributed by atoms with Crippen LogP contribution in [0.5, 0.6) is 0 Å². The maximum Gasteiger partial charge on any atom is 0.0991 e. The number of hydrogen-bond acceptors (Lipinski definition) is 3. The van der Waals surface area contributed by atoms with Crippen LogP contribution in [0.3, 0.4) is 0 Å². The van der Waals surface area contributed by atoms with Gasteiger partial charge in [-0.2, -0.15) is 5.10 Å². The van der Waals surface area contributed by atoms with Crippen LogP contribution in [0.4, 0.5) is 5.69 Å². The van der Waals surface area contributed by atoms with Crippen LogP contribution in [0.1, 0.15) is 11.1 Å². The number of rotatable bonds is 2. The highest BCUT2D eigenvalue weighted by Crippen LogP contribution is 2.21. The van der Waals surface area contributed by atoms with Gasteiger partial charge in [0.1, 0.15) is 0 Å². The summed E-state index contributed by atoms with van der Waals surface area (Å²) in [5.41, 5.74) is 8.83. The molecule has 4 heteroatoms. The second-order valence-electron chi connectivity index (χ2n) is 3.58. The van der Waals surface area contributed by atoms with Crippen molar-refractivity contribution in [1.29, 1.82) is 0 Å². The standard InChI is InChI=1S/C13H12ClN3/c14-10-6-7-11(12(15)8-10)13(17-16)9-4-2-1-3-5-9/h1-8H,15-16H2. The van der Waals surface area contributed by atoms with E-state index in [0.717, 1.165) is 11.1 Å². The monoisotopic (exact) mass is 245 g/mol. The van der Waals surface area contributed by atoms with E-state index in [4.69, 9.17) is 23.2 Å². The molecule has 0 aromatic heterocycles. The first-order chi connectivity index (χ1) is 8.22. The molecule has 0 saturated carbocycles. The fraction of sp³-hybridized carbons (Fsp3) is 0. The molecule has 0 radical (unpaired) electrons. The number of hydrogen-bond donors (Lipinski definition) is 2. The predicted octanol–water partition coefficient (Wildman–Crippen LogP) is 2.63. The van der Waals surface area contributed by atoms with E-state index in [9.17, 15) is 0 Å². The fourth-order valence-electron chi connectivity index (χ4n) is 1.64. The Morgan fingerprint density at radius 2 is 1.76 bits per heavy atom. The van der Waals surface area contributed by atoms with E-state index in [1.54, 1.807) is 12.1 Å². The molecule has 2 rings (SSSR count). The molecule has 4 N–H and O–H groups in total. The van der Waals surface area contributed by atoms with Crippen LogP contribution in [0.15, 0.2) is 53.6 Å². The zero-order chi connectivity index (χ0) is 12.3. The molecule has 0 unspecified atom stereocenters. The van der Waals surface area contributed by atoms with Crippen molar-refractivity contribution in [2.45, 2.75) is 0 Å². The van der Waals surface area contributed by atoms with E-state index < -0.39 is 0 Å². The zero-order valence-electron chi connectivity index (χ0n) is 9.10. The smallest absolute Gasteiger partial charge is 0.0991 e. The van der Waals surface area contributed by atoms with Gasteiger partial charge in [-0.1, -0.05) is 41.9 Å². The van der Waals surface area contributed by atoms with Gasteiger partial charge >= 0.3 is 0 Å². The number of anilines is 1. The summed E-state index contributed by atoms with van der Waals surface area (Å²) in [6.45, 7) is 0. The van der Waals surface area contributed by atoms with Crippen LogP contribution in [0, 0.1) is 0 Å². The predicted molar refractivity (Wildman–Crippen MR) is 72.1 cm³/mol. The topological polar surface area (TPSA) is 64.4 Å². The first-order valence-electron chi connectivity index (χ1n) is 5.11. The normalized spacial score (nSPS) is 11.5. The summed E-state index contributed by atoms with van der Waals surface area (Å²) in [5, 5.41) is 4.41. The summed E-state index contributed by atoms with van der Waals surface area (Å²) < 4.78 is 0. The highest BCUT2D eigenvalue weighted by Gasteiger charge is 2.10. The van der Waals surface area contributed by atoms with Gasteiger partial charge in [0.15, 0.2) is 0 Å². The van der Waals surface area contributed by atoms with Crippen molar-refractivity contribution < 1.29 is 0 Å². The Hall–Kier alpha value is -2.00. The minimum absolute atomic E-state index is 0.561. The number of hydrazone groups is 1. The van der Waals surface area contributed by atoms with E-state index in [1.807, 2.05) is 36.4 Å². The molecule has 0 amide bonds. The third-order valence-electron chi connectivity index (χ3n) is 2.45. The lowest BCUT2D eigenvalue weighted by Gasteiger charge is -2.08. The third kappa shape index (κ3) is 2.40. The summed E-state index contributed by atoms with van der Waals surface area (Å²) in [5.74, 6) is 5.44. The van der Waals surface area contributed by atoms with Crippen molar-refractivity contribution in [2.75, 3.05) is 5.73 Å². The SMILES string of the molecule is NN=C(c1ccccc1)c1ccc(Cl)cc1N. The molecular weight excluding hydrogens is 234 g/mol. The Balaban J connectivity index is 2.51. The molecule has 0 aliphatic carbocycles. The van der Waals surface area contributed by atoms with Gasteiger partial charge in [-0.05, 0) is 18.2 Å². The number of nitrogen functional groups attached to an aromatic ring is 1. The van der Waals surface area contributed by atoms with E-state index in [2.05, 4.69) is 5.10 Å². The van der Waals surface area contributed by atoms with E-state index in [-0.39, 0.29) is 0 Å². The van der Waals surface area contributed by atoms with Crippen LogP contribution in [-0.4, -0.2) is 5.71 Å². The maximum atomic E-state index is 5.91. The van der Waals surface area contributed by atoms with Crippen LogP contribution in [-0.2, 0) is 0 Å². The zero-order valence-corrected chi connectivity index (χ0v) is 9.85. The molecule has 0 fully saturated rings. The third-order valence-corrected chi connectivity index (χ3v) is 2.68. The Morgan fingerprint density at radius 1 is 1.06 bits per heavy atom. The maximum absolute atomic E-state index is 5.91. The number of halogens is 1. The lowest BCUT2D eigenvalue weighted by Crippen LogP contribution is -2.09. The van der Waals surface area contributed by atoms with Gasteiger partial charge in [-0.3, -0.25) is 0 Å². The molecule has 0 aliphatic rings. The Morgan fingerprint density at radius 3 is 2.35 bits per heavy atom. The van der Waals surface area contributed by atoms with E-state index in [1.165, 1.54) is 0 Å². The van der Waals surface area contributed by atoms with Gasteiger partial charge < -0.3 is 11.6 Å². The van der Waals surface area contributed by atoms with Gasteiger partial charge in [0.25, 0.3) is 0 Å². The summed E-state index contributed by atoms with van der Waals surface area (Å²) in [6, 6.07) is 14.9. The molecule has 0 saturated heterocycles. The second kappa shape index (κ2) is 4.89. The Kier molecular flexibility index (Phi) is 3.30. The average Bonchev–Trinajstić information content (AvgIpc) is 2.34. The first-order valence-corrected chi connectivity index (χ1v) is 5.49. The van der Waals surface area contributed by atoms with Crippen molar-refractivity contribution in [3.05, 3.63) is 64.7 Å². The molecule has 0 aliphatic heterocycles. The van der Waals surface area contributed by atoms with Gasteiger partial charge in [0, 0.05) is 21.8 Å². The summed E-state index contributed by atoms with van der Waals surface area (Å²) in [6.07, 6.45) is 0. The van der Waals surface area contributed by atoms with E-state index in [0.29, 0.717) is 16.4 Å². The largest absolute Gasteiger partial charge is 0.398 e. The van der Waals surface area contributed by atoms with E-state index >= 15 is 0 Å². The second-order valence-corrected chi connectivity index (χ2v) is 4.01. The van der Waals surface area contributed by atoms with Crippen molar-refractivity contribution in [2.24, 2.45) is 10.9 Å². The molecule has 0 heterocycles. The molecule has 2 aromatic carbocycles. The van der Waals surface area contributed by atoms with Crippen LogP contribution >= 0.6 is 11.6 Å². The Bertz CT molecular complexity index is 550. The summed E-state index contributed by atoms with van der Waals surface area (Å²) in [7, 11) is 0. The highest BCUT2D eigenvalue weighted by molar-refractivity contribution is 6.31. The Labute approximate surface area is 105 Å². The van der Waals surface area contributed by atoms with Gasteiger partial charge in [-0.15, -0.1) is 0 Å². The van der Waals surface area contributed by atoms with Crippen molar-refractivity contribution in [3.63, 3.8) is 0 Å². The first kappa shape index (κ1) is 11.5. The average molecular weight is 246 g/mol. The van der Waals surface area contributed by atoms with Crippen molar-refractivity contribution in [3.8, 4) is 0 Å². The van der Waals surface area contributed by atoms with Crippen LogP contribution in [0.25, 0.3) is 0 Å². The molecule has 3 nitrogen and oxygen atoms in total. The molecule has 2 aromatic rings. The fourth-order valence-corrected chi connectivity index (χ4v) is 1.83. The number of benzene rings is 2. The van der Waals surface area contributed by atoms with Crippen LogP contribution in [0.2, 0.25) is 5.02 Å². The summed E-state index contributed by atoms with van der Waals surface area (Å²) >= 11 is 5.86. The highest BCUT2D eigenvalue weighted by atomic mass is 35.5. The molecule has 0 spiro atoms. The van der Waals surface area contributed by atoms with Gasteiger partial charge in [-0.25, -0.2) is 0 Å². The molecule has 0 bridgehead atoms. The van der Waals surface area contributed by atoms with Gasteiger partial charge in [0.2, 0.25) is 0 Å². The van der Waals surface area contributed by atoms with Crippen molar-refractivity contribution >= 4 is 23.0 Å². The molecule has 0 atom stereocenters. The number of nitrogens with zero attached hydrogens (tertiary/aromatic N) is 1. The van der Waals surface area contributed by atoms with Crippen molar-refractivity contribution in [1.82, 2.24) is 0 Å². The molecule has 17 heavy (non-hydrogen) atoms. The van der Waals surface area contributed by atoms with Gasteiger partial charge in [0.05, 0.1) is 5.71 Å². The minimum Gasteiger partial charge on any atom is -0.398 e. The summed E-state index contributed by atoms with van der Waals surface area (Å²) in [4.78, 5) is 0. The molecular formula is C13H12ClN3. The molecule has 86 valence electrons. The quantitative estimate of drug-likeness (QED) is 0.370. The number of nitrogens with two attached hydrogens (primary N) is 2. The minimum atomic E-state index is 0.561.